The number of benzene rings is 1. The van der Waals surface area contributed by atoms with E-state index < -0.39 is 15.9 Å². The van der Waals surface area contributed by atoms with Crippen LogP contribution in [0.25, 0.3) is 10.9 Å². The summed E-state index contributed by atoms with van der Waals surface area (Å²) in [7, 11) is -1.88. The van der Waals surface area contributed by atoms with Crippen molar-refractivity contribution in [3.8, 4) is 0 Å². The molecule has 1 N–H and O–H groups in total. The molecular weight excluding hydrogens is 300 g/mol. The number of nitrogens with zero attached hydrogens (tertiary/aromatic N) is 1. The lowest BCUT2D eigenvalue weighted by Crippen LogP contribution is -2.34. The molecule has 1 aromatic carbocycles. The highest BCUT2D eigenvalue weighted by Crippen LogP contribution is 2.20. The third kappa shape index (κ3) is 3.88. The van der Waals surface area contributed by atoms with Crippen LogP contribution in [0.2, 0.25) is 0 Å². The average molecular weight is 322 g/mol. The lowest BCUT2D eigenvalue weighted by atomic mass is 9.94. The van der Waals surface area contributed by atoms with E-state index in [4.69, 9.17) is 0 Å². The fraction of sp³-hybridized carbons (Fsp3) is 0.438. The fourth-order valence-corrected chi connectivity index (χ4v) is 3.56. The van der Waals surface area contributed by atoms with Crippen LogP contribution in [0, 0.1) is 5.41 Å². The van der Waals surface area contributed by atoms with Gasteiger partial charge >= 0.3 is 0 Å². The number of hydrogen-bond donors (Lipinski definition) is 1. The molecule has 0 unspecified atom stereocenters. The highest BCUT2D eigenvalue weighted by atomic mass is 32.2. The quantitative estimate of drug-likeness (QED) is 0.941. The highest BCUT2D eigenvalue weighted by Gasteiger charge is 2.22. The van der Waals surface area contributed by atoms with E-state index in [1.807, 2.05) is 45.0 Å². The highest BCUT2D eigenvalue weighted by molar-refractivity contribution is 7.90. The monoisotopic (exact) mass is 322 g/mol. The molecule has 0 saturated carbocycles. The number of aromatic nitrogens is 1. The van der Waals surface area contributed by atoms with Crippen LogP contribution in [0.4, 0.5) is 0 Å². The van der Waals surface area contributed by atoms with Crippen molar-refractivity contribution in [1.29, 1.82) is 0 Å². The van der Waals surface area contributed by atoms with E-state index in [0.717, 1.165) is 10.9 Å². The molecule has 1 amide bonds. The standard InChI is InChI=1S/C16H22N2O3S/c1-16(2,3)9-10-22(20,21)17-15(19)14-11-12-7-5-6-8-13(12)18(14)4/h5-8,11H,9-10H2,1-4H3,(H,17,19). The van der Waals surface area contributed by atoms with Gasteiger partial charge in [-0.3, -0.25) is 4.79 Å². The van der Waals surface area contributed by atoms with Gasteiger partial charge in [0.05, 0.1) is 5.75 Å². The van der Waals surface area contributed by atoms with Gasteiger partial charge in [0, 0.05) is 18.0 Å². The Morgan fingerprint density at radius 3 is 2.45 bits per heavy atom. The first-order valence-electron chi connectivity index (χ1n) is 7.18. The molecule has 5 nitrogen and oxygen atoms in total. The maximum Gasteiger partial charge on any atom is 0.281 e. The Hall–Kier alpha value is -1.82. The Bertz CT molecular complexity index is 798. The van der Waals surface area contributed by atoms with Gasteiger partial charge in [0.25, 0.3) is 5.91 Å². The van der Waals surface area contributed by atoms with E-state index >= 15 is 0 Å². The van der Waals surface area contributed by atoms with Crippen molar-refractivity contribution in [2.24, 2.45) is 12.5 Å². The van der Waals surface area contributed by atoms with Gasteiger partial charge in [-0.1, -0.05) is 39.0 Å². The Morgan fingerprint density at radius 2 is 1.86 bits per heavy atom. The van der Waals surface area contributed by atoms with Crippen molar-refractivity contribution >= 4 is 26.8 Å². The van der Waals surface area contributed by atoms with Crippen molar-refractivity contribution in [2.75, 3.05) is 5.75 Å². The number of fused-ring (bicyclic) bond motifs is 1. The Labute approximate surface area is 131 Å². The molecule has 6 heteroatoms. The molecule has 0 atom stereocenters. The molecule has 1 aromatic heterocycles. The molecule has 0 fully saturated rings. The average Bonchev–Trinajstić information content (AvgIpc) is 2.74. The summed E-state index contributed by atoms with van der Waals surface area (Å²) in [4.78, 5) is 12.3. The van der Waals surface area contributed by atoms with E-state index in [9.17, 15) is 13.2 Å². The second-order valence-electron chi connectivity index (χ2n) is 6.71. The summed E-state index contributed by atoms with van der Waals surface area (Å²) in [6.45, 7) is 5.90. The normalized spacial score (nSPS) is 12.5. The summed E-state index contributed by atoms with van der Waals surface area (Å²) < 4.78 is 28.0. The molecule has 22 heavy (non-hydrogen) atoms. The number of amides is 1. The molecule has 0 aliphatic carbocycles. The van der Waals surface area contributed by atoms with Gasteiger partial charge in [-0.2, -0.15) is 0 Å². The maximum absolute atomic E-state index is 12.3. The van der Waals surface area contributed by atoms with Gasteiger partial charge in [-0.05, 0) is 24.0 Å². The van der Waals surface area contributed by atoms with Gasteiger partial charge in [-0.15, -0.1) is 0 Å². The van der Waals surface area contributed by atoms with Crippen LogP contribution in [0.5, 0.6) is 0 Å². The number of carbonyl (C=O) groups is 1. The van der Waals surface area contributed by atoms with Gasteiger partial charge in [0.15, 0.2) is 0 Å². The Kier molecular flexibility index (Phi) is 4.33. The van der Waals surface area contributed by atoms with Crippen LogP contribution >= 0.6 is 0 Å². The van der Waals surface area contributed by atoms with E-state index in [-0.39, 0.29) is 11.2 Å². The number of nitrogens with one attached hydrogen (secondary N) is 1. The van der Waals surface area contributed by atoms with Gasteiger partial charge in [0.1, 0.15) is 5.69 Å². The number of sulfonamides is 1. The van der Waals surface area contributed by atoms with Crippen LogP contribution in [-0.4, -0.2) is 24.6 Å². The minimum atomic E-state index is -3.63. The van der Waals surface area contributed by atoms with E-state index in [1.54, 1.807) is 17.7 Å². The van der Waals surface area contributed by atoms with Gasteiger partial charge < -0.3 is 4.57 Å². The second-order valence-corrected chi connectivity index (χ2v) is 8.55. The number of aryl methyl sites for hydroxylation is 1. The first-order chi connectivity index (χ1) is 10.1. The third-order valence-electron chi connectivity index (χ3n) is 3.55. The first-order valence-corrected chi connectivity index (χ1v) is 8.84. The lowest BCUT2D eigenvalue weighted by molar-refractivity contribution is 0.0974. The van der Waals surface area contributed by atoms with Crippen LogP contribution in [0.3, 0.4) is 0 Å². The maximum atomic E-state index is 12.3. The third-order valence-corrected chi connectivity index (χ3v) is 4.79. The lowest BCUT2D eigenvalue weighted by Gasteiger charge is -2.17. The molecular formula is C16H22N2O3S. The zero-order chi connectivity index (χ0) is 16.5. The van der Waals surface area contributed by atoms with Crippen molar-refractivity contribution in [1.82, 2.24) is 9.29 Å². The molecule has 0 aliphatic rings. The van der Waals surface area contributed by atoms with Crippen LogP contribution in [-0.2, 0) is 17.1 Å². The predicted octanol–water partition coefficient (Wildman–Crippen LogP) is 2.67. The van der Waals surface area contributed by atoms with Crippen LogP contribution in [0.1, 0.15) is 37.7 Å². The molecule has 1 heterocycles. The molecule has 0 bridgehead atoms. The molecule has 2 rings (SSSR count). The molecule has 2 aromatic rings. The van der Waals surface area contributed by atoms with E-state index in [0.29, 0.717) is 12.1 Å². The van der Waals surface area contributed by atoms with Crippen molar-refractivity contribution in [3.05, 3.63) is 36.0 Å². The number of rotatable bonds is 4. The minimum absolute atomic E-state index is 0.0633. The van der Waals surface area contributed by atoms with Crippen molar-refractivity contribution < 1.29 is 13.2 Å². The summed E-state index contributed by atoms with van der Waals surface area (Å²) in [5, 5.41) is 0.905. The van der Waals surface area contributed by atoms with Crippen LogP contribution in [0.15, 0.2) is 30.3 Å². The molecule has 120 valence electrons. The molecule has 0 radical (unpaired) electrons. The smallest absolute Gasteiger partial charge is 0.281 e. The predicted molar refractivity (Wildman–Crippen MR) is 88.2 cm³/mol. The van der Waals surface area contributed by atoms with E-state index in [2.05, 4.69) is 4.72 Å². The summed E-state index contributed by atoms with van der Waals surface area (Å²) in [6, 6.07) is 9.23. The zero-order valence-corrected chi connectivity index (χ0v) is 14.2. The number of carbonyl (C=O) groups excluding carboxylic acids is 1. The second kappa shape index (κ2) is 5.76. The first kappa shape index (κ1) is 16.5. The summed E-state index contributed by atoms with van der Waals surface area (Å²) in [6.07, 6.45) is 0.491. The largest absolute Gasteiger partial charge is 0.340 e. The molecule has 0 aliphatic heterocycles. The summed E-state index contributed by atoms with van der Waals surface area (Å²) in [5.74, 6) is -0.653. The van der Waals surface area contributed by atoms with E-state index in [1.165, 1.54) is 0 Å². The van der Waals surface area contributed by atoms with Crippen molar-refractivity contribution in [3.63, 3.8) is 0 Å². The SMILES string of the molecule is Cn1c(C(=O)NS(=O)(=O)CCC(C)(C)C)cc2ccccc21. The summed E-state index contributed by atoms with van der Waals surface area (Å²) in [5.41, 5.74) is 1.12. The Balaban J connectivity index is 2.19. The molecule has 0 saturated heterocycles. The van der Waals surface area contributed by atoms with Gasteiger partial charge in [-0.25, -0.2) is 13.1 Å². The topological polar surface area (TPSA) is 68.2 Å². The zero-order valence-electron chi connectivity index (χ0n) is 13.4. The summed E-state index contributed by atoms with van der Waals surface area (Å²) >= 11 is 0. The minimum Gasteiger partial charge on any atom is -0.340 e. The van der Waals surface area contributed by atoms with Gasteiger partial charge in [0.2, 0.25) is 10.0 Å². The Morgan fingerprint density at radius 1 is 1.23 bits per heavy atom. The number of para-hydroxylation sites is 1. The fourth-order valence-electron chi connectivity index (χ4n) is 2.19. The molecule has 0 spiro atoms. The number of hydrogen-bond acceptors (Lipinski definition) is 3. The van der Waals surface area contributed by atoms with Crippen LogP contribution < -0.4 is 4.72 Å². The van der Waals surface area contributed by atoms with Crippen molar-refractivity contribution in [2.45, 2.75) is 27.2 Å².